The monoisotopic (exact) mass is 385 g/mol. The lowest BCUT2D eigenvalue weighted by Gasteiger charge is -2.10. The van der Waals surface area contributed by atoms with Crippen LogP contribution in [0.15, 0.2) is 36.5 Å². The molecule has 0 atom stereocenters. The number of carbonyl (C=O) groups excluding carboxylic acids is 1. The third-order valence-electron chi connectivity index (χ3n) is 3.81. The second-order valence-corrected chi connectivity index (χ2v) is 5.53. The molecule has 3 rings (SSSR count). The van der Waals surface area contributed by atoms with Gasteiger partial charge in [-0.1, -0.05) is 12.1 Å². The van der Waals surface area contributed by atoms with Crippen LogP contribution >= 0.6 is 0 Å². The van der Waals surface area contributed by atoms with Gasteiger partial charge in [0.2, 0.25) is 5.82 Å². The van der Waals surface area contributed by atoms with Gasteiger partial charge in [0.15, 0.2) is 0 Å². The molecule has 3 aromatic rings. The highest BCUT2D eigenvalue weighted by molar-refractivity contribution is 5.93. The van der Waals surface area contributed by atoms with E-state index in [4.69, 9.17) is 0 Å². The molecule has 5 nitrogen and oxygen atoms in total. The zero-order valence-electron chi connectivity index (χ0n) is 13.8. The fourth-order valence-electron chi connectivity index (χ4n) is 2.68. The number of ether oxygens (including phenoxy) is 1. The van der Waals surface area contributed by atoms with Crippen molar-refractivity contribution in [3.05, 3.63) is 47.9 Å². The minimum Gasteiger partial charge on any atom is -0.465 e. The molecule has 0 saturated heterocycles. The van der Waals surface area contributed by atoms with E-state index in [9.17, 15) is 26.7 Å². The number of methoxy groups -OCH3 is 1. The summed E-state index contributed by atoms with van der Waals surface area (Å²) >= 11 is 0. The molecule has 2 aromatic heterocycles. The molecule has 0 aliphatic carbocycles. The van der Waals surface area contributed by atoms with Crippen molar-refractivity contribution in [1.29, 1.82) is 0 Å². The zero-order valence-corrected chi connectivity index (χ0v) is 13.8. The topological polar surface area (TPSA) is 57.0 Å². The van der Waals surface area contributed by atoms with Crippen molar-refractivity contribution < 1.29 is 31.5 Å². The summed E-state index contributed by atoms with van der Waals surface area (Å²) in [5, 5.41) is 0. The van der Waals surface area contributed by atoms with E-state index in [2.05, 4.69) is 14.7 Å². The first kappa shape index (κ1) is 18.7. The Morgan fingerprint density at radius 1 is 1.22 bits per heavy atom. The number of halogens is 5. The lowest BCUT2D eigenvalue weighted by Crippen LogP contribution is -2.17. The van der Waals surface area contributed by atoms with Crippen LogP contribution in [0.25, 0.3) is 22.3 Å². The standard InChI is InChI=1S/C17H12F5N3O2/c1-27-15(26)9-5-6-11(23-7-9)10-3-2-4-12-14(10)24-16(17(20,21)22)25(12)8-13(18)19/h2-7,13H,8H2,1H3. The predicted octanol–water partition coefficient (Wildman–Crippen LogP) is 4.17. The molecule has 0 aliphatic heterocycles. The Kier molecular flexibility index (Phi) is 4.81. The summed E-state index contributed by atoms with van der Waals surface area (Å²) in [7, 11) is 1.20. The average molecular weight is 385 g/mol. The Morgan fingerprint density at radius 2 is 1.96 bits per heavy atom. The number of para-hydroxylation sites is 1. The Hall–Kier alpha value is -3.04. The van der Waals surface area contributed by atoms with Gasteiger partial charge in [0.25, 0.3) is 6.43 Å². The van der Waals surface area contributed by atoms with Crippen LogP contribution in [0.2, 0.25) is 0 Å². The van der Waals surface area contributed by atoms with Gasteiger partial charge in [-0.3, -0.25) is 4.98 Å². The Morgan fingerprint density at radius 3 is 2.52 bits per heavy atom. The molecule has 0 spiro atoms. The lowest BCUT2D eigenvalue weighted by atomic mass is 10.1. The highest BCUT2D eigenvalue weighted by Gasteiger charge is 2.38. The van der Waals surface area contributed by atoms with Crippen LogP contribution in [0.5, 0.6) is 0 Å². The Bertz CT molecular complexity index is 981. The van der Waals surface area contributed by atoms with Crippen molar-refractivity contribution >= 4 is 17.0 Å². The summed E-state index contributed by atoms with van der Waals surface area (Å²) in [6.07, 6.45) is -6.67. The Balaban J connectivity index is 2.17. The van der Waals surface area contributed by atoms with Crippen LogP contribution < -0.4 is 0 Å². The van der Waals surface area contributed by atoms with Gasteiger partial charge in [-0.15, -0.1) is 0 Å². The molecule has 2 heterocycles. The maximum absolute atomic E-state index is 13.3. The SMILES string of the molecule is COC(=O)c1ccc(-c2cccc3c2nc(C(F)(F)F)n3CC(F)F)nc1. The third-order valence-corrected chi connectivity index (χ3v) is 3.81. The largest absolute Gasteiger partial charge is 0.465 e. The second-order valence-electron chi connectivity index (χ2n) is 5.53. The van der Waals surface area contributed by atoms with Crippen LogP contribution in [0.1, 0.15) is 16.2 Å². The predicted molar refractivity (Wildman–Crippen MR) is 85.3 cm³/mol. The molecule has 0 bridgehead atoms. The van der Waals surface area contributed by atoms with Crippen molar-refractivity contribution in [3.8, 4) is 11.3 Å². The van der Waals surface area contributed by atoms with Crippen molar-refractivity contribution in [3.63, 3.8) is 0 Å². The van der Waals surface area contributed by atoms with E-state index >= 15 is 0 Å². The number of nitrogens with zero attached hydrogens (tertiary/aromatic N) is 3. The van der Waals surface area contributed by atoms with Crippen molar-refractivity contribution in [2.24, 2.45) is 0 Å². The number of carbonyl (C=O) groups is 1. The molecule has 0 N–H and O–H groups in total. The minimum atomic E-state index is -4.90. The van der Waals surface area contributed by atoms with Gasteiger partial charge in [0.05, 0.1) is 35.9 Å². The van der Waals surface area contributed by atoms with Crippen LogP contribution in [0.4, 0.5) is 22.0 Å². The highest BCUT2D eigenvalue weighted by atomic mass is 19.4. The summed E-state index contributed by atoms with van der Waals surface area (Å²) in [4.78, 5) is 19.1. The number of hydrogen-bond acceptors (Lipinski definition) is 4. The normalized spacial score (nSPS) is 12.0. The number of rotatable bonds is 4. The van der Waals surface area contributed by atoms with E-state index in [0.717, 1.165) is 0 Å². The molecule has 142 valence electrons. The van der Waals surface area contributed by atoms with Gasteiger partial charge in [-0.25, -0.2) is 18.6 Å². The molecule has 10 heteroatoms. The third kappa shape index (κ3) is 3.60. The van der Waals surface area contributed by atoms with E-state index in [1.807, 2.05) is 0 Å². The van der Waals surface area contributed by atoms with E-state index in [1.54, 1.807) is 0 Å². The summed E-state index contributed by atoms with van der Waals surface area (Å²) in [6.45, 7) is -1.14. The van der Waals surface area contributed by atoms with Gasteiger partial charge in [-0.2, -0.15) is 13.2 Å². The maximum Gasteiger partial charge on any atom is 0.449 e. The van der Waals surface area contributed by atoms with Crippen molar-refractivity contribution in [2.45, 2.75) is 19.1 Å². The summed E-state index contributed by atoms with van der Waals surface area (Å²) < 4.78 is 70.4. The van der Waals surface area contributed by atoms with Crippen LogP contribution in [-0.2, 0) is 17.5 Å². The van der Waals surface area contributed by atoms with E-state index in [0.29, 0.717) is 4.57 Å². The van der Waals surface area contributed by atoms with Gasteiger partial charge >= 0.3 is 12.1 Å². The number of alkyl halides is 5. The molecule has 0 aliphatic rings. The van der Waals surface area contributed by atoms with Gasteiger partial charge in [0.1, 0.15) is 0 Å². The molecular weight excluding hydrogens is 373 g/mol. The summed E-state index contributed by atoms with van der Waals surface area (Å²) in [6, 6.07) is 7.00. The number of benzene rings is 1. The smallest absolute Gasteiger partial charge is 0.449 e. The zero-order chi connectivity index (χ0) is 19.8. The number of fused-ring (bicyclic) bond motifs is 1. The highest BCUT2D eigenvalue weighted by Crippen LogP contribution is 2.35. The molecule has 0 radical (unpaired) electrons. The first-order valence-corrected chi connectivity index (χ1v) is 7.61. The van der Waals surface area contributed by atoms with Gasteiger partial charge in [-0.05, 0) is 18.2 Å². The number of imidazole rings is 1. The fraction of sp³-hybridized carbons (Fsp3) is 0.235. The van der Waals surface area contributed by atoms with Crippen LogP contribution in [-0.4, -0.2) is 34.0 Å². The number of aromatic nitrogens is 3. The van der Waals surface area contributed by atoms with E-state index in [1.165, 1.54) is 43.6 Å². The minimum absolute atomic E-state index is 0.0843. The molecule has 0 saturated carbocycles. The average Bonchev–Trinajstić information content (AvgIpc) is 2.99. The number of hydrogen-bond donors (Lipinski definition) is 0. The fourth-order valence-corrected chi connectivity index (χ4v) is 2.68. The van der Waals surface area contributed by atoms with Crippen molar-refractivity contribution in [1.82, 2.24) is 14.5 Å². The first-order valence-electron chi connectivity index (χ1n) is 7.61. The molecule has 0 unspecified atom stereocenters. The number of esters is 1. The molecule has 27 heavy (non-hydrogen) atoms. The first-order chi connectivity index (χ1) is 12.7. The van der Waals surface area contributed by atoms with E-state index in [-0.39, 0.29) is 27.9 Å². The molecular formula is C17H12F5N3O2. The second kappa shape index (κ2) is 6.93. The molecule has 0 fully saturated rings. The molecule has 0 amide bonds. The number of pyridine rings is 1. The van der Waals surface area contributed by atoms with Crippen LogP contribution in [0.3, 0.4) is 0 Å². The quantitative estimate of drug-likeness (QED) is 0.500. The van der Waals surface area contributed by atoms with Gasteiger partial charge in [0, 0.05) is 11.8 Å². The lowest BCUT2D eigenvalue weighted by molar-refractivity contribution is -0.147. The van der Waals surface area contributed by atoms with Crippen LogP contribution in [0, 0.1) is 0 Å². The summed E-state index contributed by atoms with van der Waals surface area (Å²) in [5.74, 6) is -2.02. The summed E-state index contributed by atoms with van der Waals surface area (Å²) in [5.41, 5.74) is 0.432. The maximum atomic E-state index is 13.3. The van der Waals surface area contributed by atoms with Crippen molar-refractivity contribution in [2.75, 3.05) is 7.11 Å². The molecule has 1 aromatic carbocycles. The Labute approximate surface area is 149 Å². The van der Waals surface area contributed by atoms with E-state index < -0.39 is 30.9 Å². The van der Waals surface area contributed by atoms with Gasteiger partial charge < -0.3 is 9.30 Å².